The molecule has 0 saturated carbocycles. The summed E-state index contributed by atoms with van der Waals surface area (Å²) in [5, 5.41) is 6.54. The molecule has 1 atom stereocenters. The molecule has 31 heavy (non-hydrogen) atoms. The first-order chi connectivity index (χ1) is 15.0. The molecule has 2 aromatic rings. The minimum absolute atomic E-state index is 0.142. The molecule has 1 aliphatic heterocycles. The first kappa shape index (κ1) is 22.4. The Balaban J connectivity index is 1.80. The van der Waals surface area contributed by atoms with Crippen molar-refractivity contribution in [3.63, 3.8) is 0 Å². The lowest BCUT2D eigenvalue weighted by molar-refractivity contribution is -0.139. The molecule has 1 amide bonds. The van der Waals surface area contributed by atoms with Crippen LogP contribution in [0.4, 0.5) is 5.69 Å². The molecule has 0 spiro atoms. The maximum Gasteiger partial charge on any atom is 0.338 e. The molecule has 3 rings (SSSR count). The Kier molecular flexibility index (Phi) is 7.72. The lowest BCUT2D eigenvalue weighted by Gasteiger charge is -2.26. The molecule has 0 aromatic heterocycles. The third kappa shape index (κ3) is 5.88. The zero-order chi connectivity index (χ0) is 22.2. The highest BCUT2D eigenvalue weighted by molar-refractivity contribution is 8.14. The summed E-state index contributed by atoms with van der Waals surface area (Å²) in [6.07, 6.45) is 0. The van der Waals surface area contributed by atoms with Gasteiger partial charge in [0.15, 0.2) is 5.17 Å². The lowest BCUT2D eigenvalue weighted by atomic mass is 9.96. The highest BCUT2D eigenvalue weighted by Gasteiger charge is 2.30. The highest BCUT2D eigenvalue weighted by atomic mass is 32.2. The maximum absolute atomic E-state index is 12.6. The summed E-state index contributed by atoms with van der Waals surface area (Å²) in [5.74, 6) is 0.281. The van der Waals surface area contributed by atoms with E-state index in [-0.39, 0.29) is 18.3 Å². The first-order valence-electron chi connectivity index (χ1n) is 9.86. The van der Waals surface area contributed by atoms with Crippen LogP contribution < -0.4 is 15.4 Å². The van der Waals surface area contributed by atoms with E-state index in [2.05, 4.69) is 10.6 Å². The number of nitrogens with zero attached hydrogens (tertiary/aromatic N) is 1. The lowest BCUT2D eigenvalue weighted by Crippen LogP contribution is -2.31. The quantitative estimate of drug-likeness (QED) is 0.636. The number of amides is 1. The van der Waals surface area contributed by atoms with Gasteiger partial charge in [-0.1, -0.05) is 42.1 Å². The fraction of sp³-hybridized carbons (Fsp3) is 0.261. The van der Waals surface area contributed by atoms with Crippen LogP contribution in [0, 0.1) is 0 Å². The monoisotopic (exact) mass is 439 g/mol. The normalized spacial score (nSPS) is 15.6. The third-order valence-corrected chi connectivity index (χ3v) is 5.41. The van der Waals surface area contributed by atoms with Crippen molar-refractivity contribution in [2.24, 2.45) is 4.99 Å². The smallest absolute Gasteiger partial charge is 0.338 e. The molecule has 7 nitrogen and oxygen atoms in total. The summed E-state index contributed by atoms with van der Waals surface area (Å²) in [6, 6.07) is 16.1. The van der Waals surface area contributed by atoms with Gasteiger partial charge in [0.2, 0.25) is 5.91 Å². The molecule has 1 heterocycles. The van der Waals surface area contributed by atoms with Crippen LogP contribution in [-0.4, -0.2) is 36.5 Å². The predicted octanol–water partition coefficient (Wildman–Crippen LogP) is 3.90. The van der Waals surface area contributed by atoms with E-state index in [0.717, 1.165) is 11.3 Å². The number of thioether (sulfide) groups is 1. The van der Waals surface area contributed by atoms with Crippen molar-refractivity contribution in [2.45, 2.75) is 19.9 Å². The van der Waals surface area contributed by atoms with Crippen LogP contribution in [0.1, 0.15) is 25.5 Å². The van der Waals surface area contributed by atoms with E-state index in [0.29, 0.717) is 22.2 Å². The topological polar surface area (TPSA) is 89.0 Å². The fourth-order valence-corrected chi connectivity index (χ4v) is 3.84. The zero-order valence-electron chi connectivity index (χ0n) is 17.7. The van der Waals surface area contributed by atoms with Crippen LogP contribution in [0.25, 0.3) is 0 Å². The molecule has 0 saturated heterocycles. The van der Waals surface area contributed by atoms with E-state index in [1.807, 2.05) is 54.6 Å². The number of esters is 1. The van der Waals surface area contributed by atoms with Gasteiger partial charge in [0, 0.05) is 11.4 Å². The number of amidine groups is 1. The third-order valence-electron chi connectivity index (χ3n) is 4.52. The number of carbonyl (C=O) groups is 2. The molecular weight excluding hydrogens is 414 g/mol. The second-order valence-corrected chi connectivity index (χ2v) is 7.66. The van der Waals surface area contributed by atoms with Crippen LogP contribution >= 0.6 is 11.8 Å². The largest absolute Gasteiger partial charge is 0.497 e. The second kappa shape index (κ2) is 10.7. The SMILES string of the molecule is CCOC(=O)C1=C(C)NC(SCC(=O)Nc2ccccc2)=N[C@H]1c1cccc(OC)c1. The zero-order valence-corrected chi connectivity index (χ0v) is 18.5. The number of ether oxygens (including phenoxy) is 2. The molecule has 0 fully saturated rings. The highest BCUT2D eigenvalue weighted by Crippen LogP contribution is 2.34. The van der Waals surface area contributed by atoms with E-state index in [1.54, 1.807) is 21.0 Å². The van der Waals surface area contributed by atoms with Crippen LogP contribution in [0.5, 0.6) is 5.75 Å². The van der Waals surface area contributed by atoms with Gasteiger partial charge in [-0.05, 0) is 43.7 Å². The van der Waals surface area contributed by atoms with Crippen molar-refractivity contribution in [3.05, 3.63) is 71.4 Å². The number of nitrogens with one attached hydrogen (secondary N) is 2. The Morgan fingerprint density at radius 1 is 1.16 bits per heavy atom. The Hall–Kier alpha value is -3.26. The molecular formula is C23H25N3O4S. The van der Waals surface area contributed by atoms with Gasteiger partial charge in [-0.25, -0.2) is 9.79 Å². The molecule has 0 aliphatic carbocycles. The summed E-state index contributed by atoms with van der Waals surface area (Å²) in [6.45, 7) is 3.84. The number of para-hydroxylation sites is 1. The minimum Gasteiger partial charge on any atom is -0.497 e. The van der Waals surface area contributed by atoms with E-state index in [9.17, 15) is 9.59 Å². The van der Waals surface area contributed by atoms with E-state index >= 15 is 0 Å². The molecule has 162 valence electrons. The van der Waals surface area contributed by atoms with Crippen LogP contribution in [-0.2, 0) is 14.3 Å². The fourth-order valence-electron chi connectivity index (χ4n) is 3.10. The summed E-state index contributed by atoms with van der Waals surface area (Å²) >= 11 is 1.27. The standard InChI is InChI=1S/C23H25N3O4S/c1-4-30-22(28)20-15(2)24-23(26-21(20)16-9-8-12-18(13-16)29-3)31-14-19(27)25-17-10-6-5-7-11-17/h5-13,21H,4,14H2,1-3H3,(H,24,26)(H,25,27)/t21-/m0/s1. The number of anilines is 1. The molecule has 0 unspecified atom stereocenters. The van der Waals surface area contributed by atoms with Crippen molar-refractivity contribution in [3.8, 4) is 5.75 Å². The van der Waals surface area contributed by atoms with Gasteiger partial charge in [0.05, 0.1) is 25.0 Å². The van der Waals surface area contributed by atoms with Crippen molar-refractivity contribution < 1.29 is 19.1 Å². The molecule has 1 aliphatic rings. The summed E-state index contributed by atoms with van der Waals surface area (Å²) in [4.78, 5) is 29.7. The Morgan fingerprint density at radius 2 is 1.94 bits per heavy atom. The van der Waals surface area contributed by atoms with E-state index in [1.165, 1.54) is 11.8 Å². The molecule has 2 N–H and O–H groups in total. The van der Waals surface area contributed by atoms with Crippen molar-refractivity contribution >= 4 is 34.5 Å². The number of benzene rings is 2. The Labute approximate surface area is 185 Å². The van der Waals surface area contributed by atoms with Crippen molar-refractivity contribution in [1.82, 2.24) is 5.32 Å². The molecule has 0 radical (unpaired) electrons. The second-order valence-electron chi connectivity index (χ2n) is 6.70. The number of aliphatic imine (C=N–C) groups is 1. The Bertz CT molecular complexity index is 1000. The maximum atomic E-state index is 12.6. The molecule has 0 bridgehead atoms. The summed E-state index contributed by atoms with van der Waals surface area (Å²) in [5.41, 5.74) is 2.62. The predicted molar refractivity (Wildman–Crippen MR) is 123 cm³/mol. The van der Waals surface area contributed by atoms with Crippen molar-refractivity contribution in [2.75, 3.05) is 24.8 Å². The first-order valence-corrected chi connectivity index (χ1v) is 10.8. The number of rotatable bonds is 7. The number of carbonyl (C=O) groups excluding carboxylic acids is 2. The van der Waals surface area contributed by atoms with E-state index < -0.39 is 12.0 Å². The van der Waals surface area contributed by atoms with Gasteiger partial charge in [-0.15, -0.1) is 0 Å². The van der Waals surface area contributed by atoms with Gasteiger partial charge in [-0.2, -0.15) is 0 Å². The average Bonchev–Trinajstić information content (AvgIpc) is 2.78. The van der Waals surface area contributed by atoms with Crippen molar-refractivity contribution in [1.29, 1.82) is 0 Å². The Morgan fingerprint density at radius 3 is 2.65 bits per heavy atom. The summed E-state index contributed by atoms with van der Waals surface area (Å²) in [7, 11) is 1.59. The van der Waals surface area contributed by atoms with Crippen LogP contribution in [0.15, 0.2) is 70.9 Å². The summed E-state index contributed by atoms with van der Waals surface area (Å²) < 4.78 is 10.6. The number of hydrogen-bond donors (Lipinski definition) is 2. The van der Waals surface area contributed by atoms with Gasteiger partial charge in [0.25, 0.3) is 0 Å². The molecule has 2 aromatic carbocycles. The van der Waals surface area contributed by atoms with Gasteiger partial charge in [-0.3, -0.25) is 4.79 Å². The van der Waals surface area contributed by atoms with Gasteiger partial charge in [0.1, 0.15) is 11.8 Å². The minimum atomic E-state index is -0.560. The molecule has 8 heteroatoms. The van der Waals surface area contributed by atoms with Gasteiger partial charge < -0.3 is 20.1 Å². The van der Waals surface area contributed by atoms with Gasteiger partial charge >= 0.3 is 5.97 Å². The number of methoxy groups -OCH3 is 1. The average molecular weight is 440 g/mol. The number of hydrogen-bond acceptors (Lipinski definition) is 7. The van der Waals surface area contributed by atoms with E-state index in [4.69, 9.17) is 14.5 Å². The number of allylic oxidation sites excluding steroid dienone is 1. The van der Waals surface area contributed by atoms with Crippen LogP contribution in [0.2, 0.25) is 0 Å². The van der Waals surface area contributed by atoms with Crippen LogP contribution in [0.3, 0.4) is 0 Å².